The predicted octanol–water partition coefficient (Wildman–Crippen LogP) is 2.24. The van der Waals surface area contributed by atoms with Crippen molar-refractivity contribution in [3.05, 3.63) is 58.5 Å². The van der Waals surface area contributed by atoms with Crippen molar-refractivity contribution in [2.24, 2.45) is 0 Å². The molecule has 3 rings (SSSR count). The van der Waals surface area contributed by atoms with Crippen LogP contribution in [-0.2, 0) is 10.8 Å². The Morgan fingerprint density at radius 3 is 2.65 bits per heavy atom. The van der Waals surface area contributed by atoms with Gasteiger partial charge in [-0.3, -0.25) is 9.00 Å². The van der Waals surface area contributed by atoms with Crippen molar-refractivity contribution in [2.75, 3.05) is 11.1 Å². The average molecular weight is 329 g/mol. The molecule has 0 unspecified atom stereocenters. The van der Waals surface area contributed by atoms with E-state index in [9.17, 15) is 13.8 Å². The van der Waals surface area contributed by atoms with Gasteiger partial charge in [-0.15, -0.1) is 0 Å². The molecule has 1 heterocycles. The molecule has 0 saturated carbocycles. The van der Waals surface area contributed by atoms with Gasteiger partial charge in [-0.05, 0) is 30.3 Å². The van der Waals surface area contributed by atoms with Crippen LogP contribution in [0.2, 0.25) is 0 Å². The topological polar surface area (TPSA) is 94.8 Å². The van der Waals surface area contributed by atoms with Crippen molar-refractivity contribution < 1.29 is 9.00 Å². The highest BCUT2D eigenvalue weighted by atomic mass is 32.2. The molecule has 3 aromatic rings. The van der Waals surface area contributed by atoms with E-state index in [1.54, 1.807) is 49.4 Å². The SMILES string of the molecule is CC[S@](=O)c1ccccc1C(=O)Nc1ccc2[nH]c(=O)[nH]c2c1. The van der Waals surface area contributed by atoms with Crippen LogP contribution in [0.5, 0.6) is 0 Å². The monoisotopic (exact) mass is 329 g/mol. The summed E-state index contributed by atoms with van der Waals surface area (Å²) in [6, 6.07) is 11.9. The van der Waals surface area contributed by atoms with E-state index in [1.807, 2.05) is 0 Å². The van der Waals surface area contributed by atoms with Gasteiger partial charge in [0.05, 0.1) is 32.3 Å². The van der Waals surface area contributed by atoms with Crippen LogP contribution in [0.15, 0.2) is 52.2 Å². The second-order valence-corrected chi connectivity index (χ2v) is 6.63. The molecule has 3 N–H and O–H groups in total. The molecule has 0 radical (unpaired) electrons. The number of fused-ring (bicyclic) bond motifs is 1. The van der Waals surface area contributed by atoms with E-state index in [4.69, 9.17) is 0 Å². The Morgan fingerprint density at radius 2 is 1.87 bits per heavy atom. The van der Waals surface area contributed by atoms with Gasteiger partial charge < -0.3 is 15.3 Å². The number of hydrogen-bond acceptors (Lipinski definition) is 3. The van der Waals surface area contributed by atoms with Gasteiger partial charge in [0.1, 0.15) is 0 Å². The van der Waals surface area contributed by atoms with E-state index in [2.05, 4.69) is 15.3 Å². The second kappa shape index (κ2) is 6.21. The summed E-state index contributed by atoms with van der Waals surface area (Å²) >= 11 is 0. The number of anilines is 1. The van der Waals surface area contributed by atoms with Crippen molar-refractivity contribution >= 4 is 33.4 Å². The number of rotatable bonds is 4. The van der Waals surface area contributed by atoms with Gasteiger partial charge in [-0.2, -0.15) is 0 Å². The lowest BCUT2D eigenvalue weighted by Crippen LogP contribution is -2.15. The maximum atomic E-state index is 12.5. The fraction of sp³-hybridized carbons (Fsp3) is 0.125. The van der Waals surface area contributed by atoms with Gasteiger partial charge in [0.25, 0.3) is 5.91 Å². The fourth-order valence-electron chi connectivity index (χ4n) is 2.32. The van der Waals surface area contributed by atoms with Gasteiger partial charge in [0.15, 0.2) is 0 Å². The quantitative estimate of drug-likeness (QED) is 0.685. The Balaban J connectivity index is 1.91. The molecule has 0 saturated heterocycles. The molecule has 0 bridgehead atoms. The fourth-order valence-corrected chi connectivity index (χ4v) is 3.26. The average Bonchev–Trinajstić information content (AvgIpc) is 2.93. The second-order valence-electron chi connectivity index (χ2n) is 4.92. The van der Waals surface area contributed by atoms with Crippen LogP contribution < -0.4 is 11.0 Å². The summed E-state index contributed by atoms with van der Waals surface area (Å²) in [5.74, 6) is 0.112. The van der Waals surface area contributed by atoms with E-state index in [0.717, 1.165) is 0 Å². The number of nitrogens with one attached hydrogen (secondary N) is 3. The Hall–Kier alpha value is -2.67. The smallest absolute Gasteiger partial charge is 0.322 e. The third kappa shape index (κ3) is 3.09. The third-order valence-electron chi connectivity index (χ3n) is 3.41. The predicted molar refractivity (Wildman–Crippen MR) is 90.3 cm³/mol. The molecule has 0 spiro atoms. The zero-order valence-corrected chi connectivity index (χ0v) is 13.2. The number of amides is 1. The van der Waals surface area contributed by atoms with Gasteiger partial charge in [-0.25, -0.2) is 4.79 Å². The van der Waals surface area contributed by atoms with E-state index in [-0.39, 0.29) is 11.6 Å². The molecule has 1 atom stereocenters. The minimum atomic E-state index is -1.21. The maximum Gasteiger partial charge on any atom is 0.323 e. The number of carbonyl (C=O) groups excluding carboxylic acids is 1. The number of aromatic nitrogens is 2. The van der Waals surface area contributed by atoms with Crippen molar-refractivity contribution in [3.63, 3.8) is 0 Å². The third-order valence-corrected chi connectivity index (χ3v) is 4.78. The summed E-state index contributed by atoms with van der Waals surface area (Å²) in [5.41, 5.74) is 1.91. The molecular formula is C16H15N3O3S. The first-order valence-electron chi connectivity index (χ1n) is 7.09. The normalized spacial score (nSPS) is 12.2. The Kier molecular flexibility index (Phi) is 4.12. The summed E-state index contributed by atoms with van der Waals surface area (Å²) in [4.78, 5) is 29.5. The van der Waals surface area contributed by atoms with Crippen LogP contribution in [-0.4, -0.2) is 25.8 Å². The number of imidazole rings is 1. The van der Waals surface area contributed by atoms with Crippen molar-refractivity contribution in [2.45, 2.75) is 11.8 Å². The van der Waals surface area contributed by atoms with Gasteiger partial charge in [0, 0.05) is 11.4 Å². The first-order valence-corrected chi connectivity index (χ1v) is 8.41. The van der Waals surface area contributed by atoms with Crippen LogP contribution >= 0.6 is 0 Å². The van der Waals surface area contributed by atoms with Crippen LogP contribution in [0.1, 0.15) is 17.3 Å². The van der Waals surface area contributed by atoms with Crippen LogP contribution in [0, 0.1) is 0 Å². The molecule has 0 aliphatic heterocycles. The lowest BCUT2D eigenvalue weighted by Gasteiger charge is -2.09. The molecule has 1 aromatic heterocycles. The first-order chi connectivity index (χ1) is 11.1. The van der Waals surface area contributed by atoms with Gasteiger partial charge in [-0.1, -0.05) is 19.1 Å². The molecule has 23 heavy (non-hydrogen) atoms. The van der Waals surface area contributed by atoms with E-state index in [1.165, 1.54) is 0 Å². The van der Waals surface area contributed by atoms with Gasteiger partial charge >= 0.3 is 5.69 Å². The standard InChI is InChI=1S/C16H15N3O3S/c1-2-23(22)14-6-4-3-5-11(14)15(20)17-10-7-8-12-13(9-10)19-16(21)18-12/h3-9H,2H2,1H3,(H,17,20)(H2,18,19,21)/t23-/m0/s1. The molecular weight excluding hydrogens is 314 g/mol. The van der Waals surface area contributed by atoms with E-state index >= 15 is 0 Å². The number of aromatic amines is 2. The summed E-state index contributed by atoms with van der Waals surface area (Å²) in [5, 5.41) is 2.77. The number of hydrogen-bond donors (Lipinski definition) is 3. The summed E-state index contributed by atoms with van der Waals surface area (Å²) < 4.78 is 12.1. The first kappa shape index (κ1) is 15.2. The Bertz CT molecular complexity index is 958. The van der Waals surface area contributed by atoms with Crippen molar-refractivity contribution in [3.8, 4) is 0 Å². The number of benzene rings is 2. The lowest BCUT2D eigenvalue weighted by atomic mass is 10.2. The number of carbonyl (C=O) groups is 1. The summed E-state index contributed by atoms with van der Waals surface area (Å²) in [6.07, 6.45) is 0. The highest BCUT2D eigenvalue weighted by molar-refractivity contribution is 7.85. The molecule has 0 fully saturated rings. The van der Waals surface area contributed by atoms with Crippen LogP contribution in [0.4, 0.5) is 5.69 Å². The lowest BCUT2D eigenvalue weighted by molar-refractivity contribution is 0.102. The highest BCUT2D eigenvalue weighted by Gasteiger charge is 2.15. The molecule has 2 aromatic carbocycles. The van der Waals surface area contributed by atoms with Crippen LogP contribution in [0.3, 0.4) is 0 Å². The minimum absolute atomic E-state index is 0.299. The van der Waals surface area contributed by atoms with E-state index in [0.29, 0.717) is 32.9 Å². The maximum absolute atomic E-state index is 12.5. The minimum Gasteiger partial charge on any atom is -0.322 e. The molecule has 118 valence electrons. The Morgan fingerprint density at radius 1 is 1.13 bits per heavy atom. The molecule has 1 amide bonds. The molecule has 0 aliphatic rings. The Labute approximate surface area is 134 Å². The summed E-state index contributed by atoms with van der Waals surface area (Å²) in [7, 11) is -1.21. The molecule has 6 nitrogen and oxygen atoms in total. The van der Waals surface area contributed by atoms with Crippen molar-refractivity contribution in [1.29, 1.82) is 0 Å². The highest BCUT2D eigenvalue weighted by Crippen LogP contribution is 2.18. The van der Waals surface area contributed by atoms with Crippen molar-refractivity contribution in [1.82, 2.24) is 9.97 Å². The summed E-state index contributed by atoms with van der Waals surface area (Å²) in [6.45, 7) is 1.81. The largest absolute Gasteiger partial charge is 0.323 e. The molecule has 7 heteroatoms. The van der Waals surface area contributed by atoms with Crippen LogP contribution in [0.25, 0.3) is 11.0 Å². The zero-order chi connectivity index (χ0) is 16.4. The van der Waals surface area contributed by atoms with Gasteiger partial charge in [0.2, 0.25) is 0 Å². The number of H-pyrrole nitrogens is 2. The zero-order valence-electron chi connectivity index (χ0n) is 12.4. The van der Waals surface area contributed by atoms with E-state index < -0.39 is 10.8 Å². The molecule has 0 aliphatic carbocycles.